The van der Waals surface area contributed by atoms with Crippen molar-refractivity contribution < 1.29 is 13.6 Å². The molecule has 4 aliphatic heterocycles. The maximum Gasteiger partial charge on any atom is 0.226 e. The van der Waals surface area contributed by atoms with E-state index in [0.29, 0.717) is 24.4 Å². The minimum absolute atomic E-state index is 0.0205. The fourth-order valence-corrected chi connectivity index (χ4v) is 5.12. The summed E-state index contributed by atoms with van der Waals surface area (Å²) in [6.07, 6.45) is 6.39. The van der Waals surface area contributed by atoms with Crippen LogP contribution in [0.25, 0.3) is 0 Å². The van der Waals surface area contributed by atoms with Crippen LogP contribution in [-0.2, 0) is 4.79 Å². The number of fused-ring (bicyclic) bond motifs is 2. The van der Waals surface area contributed by atoms with E-state index in [0.717, 1.165) is 32.0 Å². The summed E-state index contributed by atoms with van der Waals surface area (Å²) in [5, 5.41) is 0. The van der Waals surface area contributed by atoms with Gasteiger partial charge in [0.1, 0.15) is 11.6 Å². The maximum absolute atomic E-state index is 13.8. The summed E-state index contributed by atoms with van der Waals surface area (Å²) in [5.41, 5.74) is 0.682. The third-order valence-electron chi connectivity index (χ3n) is 6.16. The van der Waals surface area contributed by atoms with Gasteiger partial charge in [-0.1, -0.05) is 12.2 Å². The van der Waals surface area contributed by atoms with Crippen LogP contribution < -0.4 is 0 Å². The number of hydrogen-bond donors (Lipinski definition) is 0. The Hall–Kier alpha value is -1.75. The van der Waals surface area contributed by atoms with Crippen LogP contribution >= 0.6 is 0 Å². The van der Waals surface area contributed by atoms with Gasteiger partial charge in [0.25, 0.3) is 0 Å². The van der Waals surface area contributed by atoms with Crippen LogP contribution in [0.2, 0.25) is 0 Å². The molecule has 0 aromatic heterocycles. The summed E-state index contributed by atoms with van der Waals surface area (Å²) in [6, 6.07) is 4.15. The molecule has 4 fully saturated rings. The molecule has 0 unspecified atom stereocenters. The summed E-state index contributed by atoms with van der Waals surface area (Å²) >= 11 is 0. The molecule has 2 bridgehead atoms. The van der Waals surface area contributed by atoms with Crippen LogP contribution in [0.3, 0.4) is 0 Å². The third-order valence-corrected chi connectivity index (χ3v) is 6.16. The second-order valence-corrected chi connectivity index (χ2v) is 7.48. The predicted molar refractivity (Wildman–Crippen MR) is 92.1 cm³/mol. The van der Waals surface area contributed by atoms with Crippen LogP contribution in [0.4, 0.5) is 8.78 Å². The van der Waals surface area contributed by atoms with Crippen molar-refractivity contribution in [3.8, 4) is 0 Å². The number of hydrogen-bond acceptors (Lipinski definition) is 2. The SMILES string of the molecule is C/C=C/CC(=O)N1C[C@H](c2cc(F)cc(F)c2)[C@@H]2[C@H]1C1CCN2CC1. The van der Waals surface area contributed by atoms with Gasteiger partial charge in [-0.05, 0) is 56.5 Å². The lowest BCUT2D eigenvalue weighted by Crippen LogP contribution is -2.60. The van der Waals surface area contributed by atoms with Crippen molar-refractivity contribution in [1.29, 1.82) is 0 Å². The van der Waals surface area contributed by atoms with Crippen molar-refractivity contribution >= 4 is 5.91 Å². The van der Waals surface area contributed by atoms with Crippen LogP contribution in [0.5, 0.6) is 0 Å². The van der Waals surface area contributed by atoms with Gasteiger partial charge in [0, 0.05) is 31.0 Å². The van der Waals surface area contributed by atoms with Crippen molar-refractivity contribution in [2.45, 2.75) is 44.2 Å². The van der Waals surface area contributed by atoms with Crippen molar-refractivity contribution in [2.24, 2.45) is 5.92 Å². The maximum atomic E-state index is 13.8. The number of piperidine rings is 3. The van der Waals surface area contributed by atoms with E-state index < -0.39 is 11.6 Å². The molecule has 0 N–H and O–H groups in total. The lowest BCUT2D eigenvalue weighted by Gasteiger charge is -2.51. The molecule has 4 heterocycles. The number of rotatable bonds is 3. The minimum Gasteiger partial charge on any atom is -0.337 e. The van der Waals surface area contributed by atoms with Crippen LogP contribution in [0.15, 0.2) is 30.4 Å². The van der Waals surface area contributed by atoms with E-state index in [4.69, 9.17) is 0 Å². The van der Waals surface area contributed by atoms with Crippen molar-refractivity contribution in [2.75, 3.05) is 19.6 Å². The molecular weight excluding hydrogens is 322 g/mol. The fraction of sp³-hybridized carbons (Fsp3) is 0.550. The number of carbonyl (C=O) groups is 1. The smallest absolute Gasteiger partial charge is 0.226 e. The highest BCUT2D eigenvalue weighted by molar-refractivity contribution is 5.79. The zero-order valence-corrected chi connectivity index (χ0v) is 14.5. The van der Waals surface area contributed by atoms with Gasteiger partial charge >= 0.3 is 0 Å². The molecule has 4 aliphatic rings. The number of amides is 1. The molecule has 134 valence electrons. The average molecular weight is 346 g/mol. The molecule has 0 aliphatic carbocycles. The zero-order valence-electron chi connectivity index (χ0n) is 14.5. The predicted octanol–water partition coefficient (Wildman–Crippen LogP) is 3.32. The first-order valence-electron chi connectivity index (χ1n) is 9.19. The Bertz CT molecular complexity index is 677. The van der Waals surface area contributed by atoms with Crippen molar-refractivity contribution in [1.82, 2.24) is 9.80 Å². The Balaban J connectivity index is 1.69. The molecule has 3 nitrogen and oxygen atoms in total. The molecule has 5 heteroatoms. The number of benzene rings is 1. The summed E-state index contributed by atoms with van der Waals surface area (Å²) in [7, 11) is 0. The van der Waals surface area contributed by atoms with Crippen LogP contribution in [-0.4, -0.2) is 47.4 Å². The molecule has 5 rings (SSSR count). The standard InChI is InChI=1S/C20H24F2N2O/c1-2-3-4-18(25)24-12-17(14-9-15(21)11-16(22)10-14)20-19(24)13-5-7-23(20)8-6-13/h2-3,9-11,13,17,19-20H,4-8,12H2,1H3/b3-2+/t17-,19-,20-/m1/s1. The van der Waals surface area contributed by atoms with Crippen LogP contribution in [0, 0.1) is 17.6 Å². The van der Waals surface area contributed by atoms with E-state index in [2.05, 4.69) is 4.90 Å². The second kappa shape index (κ2) is 6.52. The van der Waals surface area contributed by atoms with Crippen molar-refractivity contribution in [3.05, 3.63) is 47.5 Å². The Morgan fingerprint density at radius 3 is 2.48 bits per heavy atom. The minimum atomic E-state index is -0.541. The Kier molecular flexibility index (Phi) is 4.36. The first-order valence-corrected chi connectivity index (χ1v) is 9.19. The first-order chi connectivity index (χ1) is 12.1. The molecule has 0 radical (unpaired) electrons. The molecule has 1 aromatic carbocycles. The van der Waals surface area contributed by atoms with Gasteiger partial charge < -0.3 is 4.90 Å². The third kappa shape index (κ3) is 2.88. The van der Waals surface area contributed by atoms with Crippen molar-refractivity contribution in [3.63, 3.8) is 0 Å². The monoisotopic (exact) mass is 346 g/mol. The highest BCUT2D eigenvalue weighted by Gasteiger charge is 2.54. The molecule has 0 spiro atoms. The molecule has 25 heavy (non-hydrogen) atoms. The number of allylic oxidation sites excluding steroid dienone is 1. The number of carbonyl (C=O) groups excluding carboxylic acids is 1. The lowest BCUT2D eigenvalue weighted by atomic mass is 9.75. The lowest BCUT2D eigenvalue weighted by molar-refractivity contribution is -0.135. The topological polar surface area (TPSA) is 23.6 Å². The van der Waals surface area contributed by atoms with Crippen LogP contribution in [0.1, 0.15) is 37.7 Å². The van der Waals surface area contributed by atoms with Gasteiger partial charge in [0.15, 0.2) is 0 Å². The summed E-state index contributed by atoms with van der Waals surface area (Å²) in [6.45, 7) is 4.52. The molecule has 1 aromatic rings. The number of halogens is 2. The average Bonchev–Trinajstić information content (AvgIpc) is 3.03. The fourth-order valence-electron chi connectivity index (χ4n) is 5.12. The zero-order chi connectivity index (χ0) is 17.6. The van der Waals surface area contributed by atoms with Gasteiger partial charge in [0.05, 0.1) is 6.04 Å². The highest BCUT2D eigenvalue weighted by Crippen LogP contribution is 2.46. The Labute approximate surface area is 147 Å². The van der Waals surface area contributed by atoms with E-state index in [9.17, 15) is 13.6 Å². The highest BCUT2D eigenvalue weighted by atomic mass is 19.1. The molecule has 3 atom stereocenters. The van der Waals surface area contributed by atoms with E-state index in [1.165, 1.54) is 12.1 Å². The normalized spacial score (nSPS) is 33.9. The number of nitrogens with zero attached hydrogens (tertiary/aromatic N) is 2. The molecule has 4 saturated heterocycles. The van der Waals surface area contributed by atoms with E-state index in [-0.39, 0.29) is 23.9 Å². The van der Waals surface area contributed by atoms with Gasteiger partial charge in [-0.3, -0.25) is 9.69 Å². The molecule has 1 amide bonds. The largest absolute Gasteiger partial charge is 0.337 e. The summed E-state index contributed by atoms with van der Waals surface area (Å²) in [5.74, 6) is -0.468. The summed E-state index contributed by atoms with van der Waals surface area (Å²) < 4.78 is 27.5. The summed E-state index contributed by atoms with van der Waals surface area (Å²) in [4.78, 5) is 17.2. The van der Waals surface area contributed by atoms with E-state index in [1.807, 2.05) is 24.0 Å². The quantitative estimate of drug-likeness (QED) is 0.784. The van der Waals surface area contributed by atoms with E-state index in [1.54, 1.807) is 0 Å². The van der Waals surface area contributed by atoms with Gasteiger partial charge in [0.2, 0.25) is 5.91 Å². The Morgan fingerprint density at radius 2 is 1.84 bits per heavy atom. The molecule has 0 saturated carbocycles. The van der Waals surface area contributed by atoms with Gasteiger partial charge in [-0.2, -0.15) is 0 Å². The van der Waals surface area contributed by atoms with E-state index >= 15 is 0 Å². The van der Waals surface area contributed by atoms with Gasteiger partial charge in [-0.25, -0.2) is 8.78 Å². The number of likely N-dealkylation sites (tertiary alicyclic amines) is 1. The molecular formula is C20H24F2N2O. The second-order valence-electron chi connectivity index (χ2n) is 7.48. The van der Waals surface area contributed by atoms with Gasteiger partial charge in [-0.15, -0.1) is 0 Å². The Morgan fingerprint density at radius 1 is 1.16 bits per heavy atom. The first kappa shape index (κ1) is 16.7.